The first-order valence-corrected chi connectivity index (χ1v) is 4.63. The molecule has 0 saturated carbocycles. The van der Waals surface area contributed by atoms with Gasteiger partial charge >= 0.3 is 0 Å². The molecule has 0 aliphatic heterocycles. The Bertz CT molecular complexity index is 283. The van der Waals surface area contributed by atoms with E-state index < -0.39 is 0 Å². The molecule has 1 rings (SSSR count). The second kappa shape index (κ2) is 4.26. The molecular formula is C11H15FO. The van der Waals surface area contributed by atoms with Crippen LogP contribution in [-0.4, -0.2) is 5.11 Å². The van der Waals surface area contributed by atoms with Gasteiger partial charge in [0.25, 0.3) is 0 Å². The molecule has 1 nitrogen and oxygen atoms in total. The Morgan fingerprint density at radius 3 is 2.69 bits per heavy atom. The summed E-state index contributed by atoms with van der Waals surface area (Å²) in [6.07, 6.45) is 2.02. The largest absolute Gasteiger partial charge is 0.508 e. The van der Waals surface area contributed by atoms with Gasteiger partial charge < -0.3 is 5.11 Å². The molecular weight excluding hydrogens is 167 g/mol. The van der Waals surface area contributed by atoms with Crippen molar-refractivity contribution in [3.05, 3.63) is 29.6 Å². The van der Waals surface area contributed by atoms with Gasteiger partial charge in [0.15, 0.2) is 0 Å². The molecule has 1 atom stereocenters. The van der Waals surface area contributed by atoms with Gasteiger partial charge in [-0.3, -0.25) is 0 Å². The summed E-state index contributed by atoms with van der Waals surface area (Å²) in [5.41, 5.74) is 0.694. The molecule has 13 heavy (non-hydrogen) atoms. The van der Waals surface area contributed by atoms with Gasteiger partial charge in [-0.1, -0.05) is 26.3 Å². The fraction of sp³-hybridized carbons (Fsp3) is 0.455. The molecule has 1 unspecified atom stereocenters. The van der Waals surface area contributed by atoms with Crippen molar-refractivity contribution in [2.24, 2.45) is 0 Å². The molecule has 0 amide bonds. The highest BCUT2D eigenvalue weighted by molar-refractivity contribution is 5.29. The van der Waals surface area contributed by atoms with E-state index in [0.717, 1.165) is 12.8 Å². The Morgan fingerprint density at radius 1 is 1.46 bits per heavy atom. The quantitative estimate of drug-likeness (QED) is 0.759. The van der Waals surface area contributed by atoms with Crippen molar-refractivity contribution in [2.75, 3.05) is 0 Å². The summed E-state index contributed by atoms with van der Waals surface area (Å²) in [6.45, 7) is 4.08. The lowest BCUT2D eigenvalue weighted by molar-refractivity contribution is 0.466. The number of benzene rings is 1. The van der Waals surface area contributed by atoms with Gasteiger partial charge in [-0.15, -0.1) is 0 Å². The minimum atomic E-state index is -0.305. The molecule has 0 aliphatic rings. The molecule has 0 fully saturated rings. The first-order valence-electron chi connectivity index (χ1n) is 4.63. The Labute approximate surface area is 78.2 Å². The predicted molar refractivity (Wildman–Crippen MR) is 51.4 cm³/mol. The van der Waals surface area contributed by atoms with Crippen LogP contribution in [0.25, 0.3) is 0 Å². The Kier molecular flexibility index (Phi) is 3.29. The van der Waals surface area contributed by atoms with Gasteiger partial charge in [0.05, 0.1) is 0 Å². The zero-order chi connectivity index (χ0) is 9.84. The van der Waals surface area contributed by atoms with E-state index in [1.807, 2.05) is 6.92 Å². The molecule has 1 N–H and O–H groups in total. The maximum atomic E-state index is 13.3. The Morgan fingerprint density at radius 2 is 2.15 bits per heavy atom. The maximum absolute atomic E-state index is 13.3. The molecule has 2 heteroatoms. The van der Waals surface area contributed by atoms with Gasteiger partial charge in [0.1, 0.15) is 11.6 Å². The van der Waals surface area contributed by atoms with Gasteiger partial charge in [0.2, 0.25) is 0 Å². The van der Waals surface area contributed by atoms with E-state index in [2.05, 4.69) is 6.92 Å². The smallest absolute Gasteiger partial charge is 0.130 e. The van der Waals surface area contributed by atoms with Crippen molar-refractivity contribution in [3.8, 4) is 5.75 Å². The summed E-state index contributed by atoms with van der Waals surface area (Å²) in [6, 6.07) is 4.36. The van der Waals surface area contributed by atoms with Crippen molar-refractivity contribution in [2.45, 2.75) is 32.6 Å². The SMILES string of the molecule is CCCC(C)c1ccc(O)cc1F. The lowest BCUT2D eigenvalue weighted by atomic mass is 9.96. The maximum Gasteiger partial charge on any atom is 0.130 e. The highest BCUT2D eigenvalue weighted by Gasteiger charge is 2.09. The van der Waals surface area contributed by atoms with Crippen LogP contribution in [0.15, 0.2) is 18.2 Å². The molecule has 0 radical (unpaired) electrons. The lowest BCUT2D eigenvalue weighted by Gasteiger charge is -2.11. The minimum Gasteiger partial charge on any atom is -0.508 e. The fourth-order valence-corrected chi connectivity index (χ4v) is 1.50. The summed E-state index contributed by atoms with van der Waals surface area (Å²) in [4.78, 5) is 0. The number of phenols is 1. The first kappa shape index (κ1) is 10.0. The zero-order valence-corrected chi connectivity index (χ0v) is 8.05. The third-order valence-electron chi connectivity index (χ3n) is 2.24. The van der Waals surface area contributed by atoms with E-state index >= 15 is 0 Å². The summed E-state index contributed by atoms with van der Waals surface area (Å²) < 4.78 is 13.3. The van der Waals surface area contributed by atoms with E-state index in [1.165, 1.54) is 12.1 Å². The topological polar surface area (TPSA) is 20.2 Å². The zero-order valence-electron chi connectivity index (χ0n) is 8.05. The van der Waals surface area contributed by atoms with Gasteiger partial charge in [-0.05, 0) is 24.0 Å². The van der Waals surface area contributed by atoms with Crippen molar-refractivity contribution >= 4 is 0 Å². The molecule has 0 aromatic heterocycles. The molecule has 72 valence electrons. The van der Waals surface area contributed by atoms with Crippen molar-refractivity contribution < 1.29 is 9.50 Å². The summed E-state index contributed by atoms with van der Waals surface area (Å²) in [7, 11) is 0. The average molecular weight is 182 g/mol. The average Bonchev–Trinajstić information content (AvgIpc) is 2.04. The van der Waals surface area contributed by atoms with E-state index in [0.29, 0.717) is 5.56 Å². The second-order valence-corrected chi connectivity index (χ2v) is 3.40. The highest BCUT2D eigenvalue weighted by atomic mass is 19.1. The normalized spacial score (nSPS) is 12.8. The standard InChI is InChI=1S/C11H15FO/c1-3-4-8(2)10-6-5-9(13)7-11(10)12/h5-8,13H,3-4H2,1-2H3. The van der Waals surface area contributed by atoms with Gasteiger partial charge in [-0.25, -0.2) is 4.39 Å². The third kappa shape index (κ3) is 2.44. The number of halogens is 1. The Balaban J connectivity index is 2.88. The van der Waals surface area contributed by atoms with Crippen LogP contribution in [0.5, 0.6) is 5.75 Å². The van der Waals surface area contributed by atoms with Crippen LogP contribution >= 0.6 is 0 Å². The predicted octanol–water partition coefficient (Wildman–Crippen LogP) is 3.43. The first-order chi connectivity index (χ1) is 6.15. The molecule has 1 aromatic carbocycles. The van der Waals surface area contributed by atoms with Crippen molar-refractivity contribution in [1.29, 1.82) is 0 Å². The van der Waals surface area contributed by atoms with E-state index in [-0.39, 0.29) is 17.5 Å². The second-order valence-electron chi connectivity index (χ2n) is 3.40. The molecule has 1 aromatic rings. The fourth-order valence-electron chi connectivity index (χ4n) is 1.50. The summed E-state index contributed by atoms with van der Waals surface area (Å²) >= 11 is 0. The highest BCUT2D eigenvalue weighted by Crippen LogP contribution is 2.25. The lowest BCUT2D eigenvalue weighted by Crippen LogP contribution is -1.96. The van der Waals surface area contributed by atoms with Crippen LogP contribution in [0.3, 0.4) is 0 Å². The molecule has 0 saturated heterocycles. The molecule has 0 spiro atoms. The van der Waals surface area contributed by atoms with Crippen LogP contribution in [0, 0.1) is 5.82 Å². The van der Waals surface area contributed by atoms with Gasteiger partial charge in [-0.2, -0.15) is 0 Å². The van der Waals surface area contributed by atoms with Crippen LogP contribution in [0.4, 0.5) is 4.39 Å². The minimum absolute atomic E-state index is 0.00931. The molecule has 0 bridgehead atoms. The van der Waals surface area contributed by atoms with E-state index in [4.69, 9.17) is 5.11 Å². The number of hydrogen-bond donors (Lipinski definition) is 1. The summed E-state index contributed by atoms with van der Waals surface area (Å²) in [5, 5.41) is 9.01. The molecule has 0 heterocycles. The van der Waals surface area contributed by atoms with Crippen molar-refractivity contribution in [1.82, 2.24) is 0 Å². The number of phenolic OH excluding ortho intramolecular Hbond substituents is 1. The monoisotopic (exact) mass is 182 g/mol. The van der Waals surface area contributed by atoms with Crippen molar-refractivity contribution in [3.63, 3.8) is 0 Å². The van der Waals surface area contributed by atoms with Gasteiger partial charge in [0, 0.05) is 6.07 Å². The number of hydrogen-bond acceptors (Lipinski definition) is 1. The number of rotatable bonds is 3. The van der Waals surface area contributed by atoms with Crippen LogP contribution in [-0.2, 0) is 0 Å². The van der Waals surface area contributed by atoms with Crippen LogP contribution in [0.1, 0.15) is 38.2 Å². The third-order valence-corrected chi connectivity index (χ3v) is 2.24. The molecule has 0 aliphatic carbocycles. The Hall–Kier alpha value is -1.05. The number of aromatic hydroxyl groups is 1. The van der Waals surface area contributed by atoms with Crippen LogP contribution < -0.4 is 0 Å². The van der Waals surface area contributed by atoms with E-state index in [1.54, 1.807) is 6.07 Å². The summed E-state index contributed by atoms with van der Waals surface area (Å²) in [5.74, 6) is -0.0866. The van der Waals surface area contributed by atoms with Crippen LogP contribution in [0.2, 0.25) is 0 Å². The van der Waals surface area contributed by atoms with E-state index in [9.17, 15) is 4.39 Å².